The molecule has 1 aliphatic rings. The third-order valence-corrected chi connectivity index (χ3v) is 4.49. The second-order valence-electron chi connectivity index (χ2n) is 6.57. The second kappa shape index (κ2) is 11.0. The van der Waals surface area contributed by atoms with Gasteiger partial charge in [0.2, 0.25) is 11.8 Å². The normalized spacial score (nSPS) is 20.4. The van der Waals surface area contributed by atoms with Gasteiger partial charge >= 0.3 is 0 Å². The van der Waals surface area contributed by atoms with Gasteiger partial charge in [0.15, 0.2) is 0 Å². The van der Waals surface area contributed by atoms with E-state index in [1.165, 1.54) is 6.92 Å². The summed E-state index contributed by atoms with van der Waals surface area (Å²) >= 11 is 0. The molecule has 1 heterocycles. The van der Waals surface area contributed by atoms with Crippen molar-refractivity contribution in [1.29, 1.82) is 0 Å². The second-order valence-corrected chi connectivity index (χ2v) is 6.57. The molecule has 26 heavy (non-hydrogen) atoms. The Balaban J connectivity index is 0.00000338. The van der Waals surface area contributed by atoms with E-state index in [9.17, 15) is 9.59 Å². The van der Waals surface area contributed by atoms with E-state index in [4.69, 9.17) is 4.74 Å². The molecule has 1 aliphatic heterocycles. The molecule has 0 bridgehead atoms. The summed E-state index contributed by atoms with van der Waals surface area (Å²) in [5.41, 5.74) is 0.827. The molecule has 1 saturated heterocycles. The molecule has 2 amide bonds. The predicted molar refractivity (Wildman–Crippen MR) is 105 cm³/mol. The number of hydrogen-bond donors (Lipinski definition) is 3. The van der Waals surface area contributed by atoms with Crippen molar-refractivity contribution < 1.29 is 14.3 Å². The topological polar surface area (TPSA) is 79.5 Å². The fourth-order valence-corrected chi connectivity index (χ4v) is 3.22. The van der Waals surface area contributed by atoms with Gasteiger partial charge in [0.05, 0.1) is 19.1 Å². The number of ether oxygens (including phenoxy) is 1. The number of amides is 2. The summed E-state index contributed by atoms with van der Waals surface area (Å²) in [6, 6.07) is 7.30. The number of halogens is 1. The number of nitrogens with one attached hydrogen (secondary N) is 3. The van der Waals surface area contributed by atoms with Gasteiger partial charge in [-0.2, -0.15) is 0 Å². The lowest BCUT2D eigenvalue weighted by Gasteiger charge is -2.31. The summed E-state index contributed by atoms with van der Waals surface area (Å²) in [6.45, 7) is 7.86. The first-order valence-electron chi connectivity index (χ1n) is 9.00. The third-order valence-electron chi connectivity index (χ3n) is 4.49. The predicted octanol–water partition coefficient (Wildman–Crippen LogP) is 2.19. The maximum absolute atomic E-state index is 12.6. The molecule has 0 radical (unpaired) electrons. The van der Waals surface area contributed by atoms with E-state index in [0.29, 0.717) is 18.3 Å². The van der Waals surface area contributed by atoms with Crippen molar-refractivity contribution in [3.05, 3.63) is 29.8 Å². The fraction of sp³-hybridized carbons (Fsp3) is 0.579. The van der Waals surface area contributed by atoms with Crippen LogP contribution in [0.4, 0.5) is 0 Å². The minimum atomic E-state index is -0.405. The number of hydrogen-bond acceptors (Lipinski definition) is 4. The van der Waals surface area contributed by atoms with Crippen LogP contribution in [0.1, 0.15) is 45.2 Å². The number of para-hydroxylation sites is 1. The highest BCUT2D eigenvalue weighted by atomic mass is 35.5. The van der Waals surface area contributed by atoms with Crippen LogP contribution >= 0.6 is 12.4 Å². The Morgan fingerprint density at radius 3 is 2.73 bits per heavy atom. The van der Waals surface area contributed by atoms with Crippen LogP contribution in [-0.2, 0) is 9.59 Å². The van der Waals surface area contributed by atoms with Crippen LogP contribution in [0.2, 0.25) is 0 Å². The molecule has 0 aromatic heterocycles. The van der Waals surface area contributed by atoms with E-state index in [1.807, 2.05) is 31.2 Å². The molecule has 0 aliphatic carbocycles. The first-order chi connectivity index (χ1) is 12.0. The van der Waals surface area contributed by atoms with E-state index in [0.717, 1.165) is 25.1 Å². The lowest BCUT2D eigenvalue weighted by atomic mass is 9.94. The highest BCUT2D eigenvalue weighted by Crippen LogP contribution is 2.27. The molecule has 1 aromatic carbocycles. The van der Waals surface area contributed by atoms with Gasteiger partial charge in [-0.25, -0.2) is 0 Å². The SMILES string of the molecule is CCOc1ccccc1C(CC(=O)NC1CCNCC1C)NC(C)=O.Cl. The zero-order valence-electron chi connectivity index (χ0n) is 15.7. The smallest absolute Gasteiger partial charge is 0.222 e. The Labute approximate surface area is 161 Å². The van der Waals surface area contributed by atoms with Gasteiger partial charge in [0.25, 0.3) is 0 Å². The Bertz CT molecular complexity index is 597. The number of rotatable bonds is 7. The molecule has 6 nitrogen and oxygen atoms in total. The molecule has 0 saturated carbocycles. The average Bonchev–Trinajstić information content (AvgIpc) is 2.57. The van der Waals surface area contributed by atoms with Gasteiger partial charge in [-0.1, -0.05) is 25.1 Å². The van der Waals surface area contributed by atoms with Crippen molar-refractivity contribution in [3.8, 4) is 5.75 Å². The van der Waals surface area contributed by atoms with Gasteiger partial charge in [0, 0.05) is 18.5 Å². The number of carbonyl (C=O) groups excluding carboxylic acids is 2. The Morgan fingerprint density at radius 2 is 2.08 bits per heavy atom. The molecule has 2 rings (SSSR count). The van der Waals surface area contributed by atoms with Crippen LogP contribution in [0.3, 0.4) is 0 Å². The van der Waals surface area contributed by atoms with E-state index in [2.05, 4.69) is 22.9 Å². The average molecular weight is 384 g/mol. The molecule has 3 unspecified atom stereocenters. The first kappa shape index (κ1) is 22.3. The van der Waals surface area contributed by atoms with Crippen molar-refractivity contribution in [2.24, 2.45) is 5.92 Å². The minimum Gasteiger partial charge on any atom is -0.494 e. The minimum absolute atomic E-state index is 0. The van der Waals surface area contributed by atoms with E-state index in [-0.39, 0.29) is 36.7 Å². The summed E-state index contributed by atoms with van der Waals surface area (Å²) in [6.07, 6.45) is 1.12. The molecular weight excluding hydrogens is 354 g/mol. The highest BCUT2D eigenvalue weighted by molar-refractivity contribution is 5.85. The summed E-state index contributed by atoms with van der Waals surface area (Å²) in [7, 11) is 0. The summed E-state index contributed by atoms with van der Waals surface area (Å²) < 4.78 is 5.66. The highest BCUT2D eigenvalue weighted by Gasteiger charge is 2.25. The van der Waals surface area contributed by atoms with Crippen LogP contribution in [0.15, 0.2) is 24.3 Å². The lowest BCUT2D eigenvalue weighted by molar-refractivity contribution is -0.123. The van der Waals surface area contributed by atoms with E-state index >= 15 is 0 Å². The first-order valence-corrected chi connectivity index (χ1v) is 9.00. The summed E-state index contributed by atoms with van der Waals surface area (Å²) in [5, 5.41) is 9.33. The third kappa shape index (κ3) is 6.50. The number of benzene rings is 1. The van der Waals surface area contributed by atoms with E-state index in [1.54, 1.807) is 0 Å². The molecule has 146 valence electrons. The van der Waals surface area contributed by atoms with Crippen molar-refractivity contribution in [1.82, 2.24) is 16.0 Å². The zero-order chi connectivity index (χ0) is 18.2. The molecule has 1 aromatic rings. The van der Waals surface area contributed by atoms with Crippen molar-refractivity contribution in [2.45, 2.75) is 45.7 Å². The van der Waals surface area contributed by atoms with E-state index < -0.39 is 6.04 Å². The largest absolute Gasteiger partial charge is 0.494 e. The summed E-state index contributed by atoms with van der Waals surface area (Å²) in [5.74, 6) is 0.877. The van der Waals surface area contributed by atoms with Crippen LogP contribution in [0.5, 0.6) is 5.75 Å². The fourth-order valence-electron chi connectivity index (χ4n) is 3.22. The Morgan fingerprint density at radius 1 is 1.35 bits per heavy atom. The van der Waals surface area contributed by atoms with Gasteiger partial charge in [-0.3, -0.25) is 9.59 Å². The van der Waals surface area contributed by atoms with Gasteiger partial charge in [0.1, 0.15) is 5.75 Å². The number of carbonyl (C=O) groups is 2. The standard InChI is InChI=1S/C19H29N3O3.ClH/c1-4-25-18-8-6-5-7-15(18)17(21-14(3)23)11-19(24)22-16-9-10-20-12-13(16)2;/h5-8,13,16-17,20H,4,9-12H2,1-3H3,(H,21,23)(H,22,24);1H. The lowest BCUT2D eigenvalue weighted by Crippen LogP contribution is -2.49. The quantitative estimate of drug-likeness (QED) is 0.674. The van der Waals surface area contributed by atoms with Crippen molar-refractivity contribution in [2.75, 3.05) is 19.7 Å². The van der Waals surface area contributed by atoms with Crippen molar-refractivity contribution in [3.63, 3.8) is 0 Å². The Hall–Kier alpha value is -1.79. The zero-order valence-corrected chi connectivity index (χ0v) is 16.5. The molecule has 3 atom stereocenters. The molecule has 7 heteroatoms. The maximum atomic E-state index is 12.6. The van der Waals surface area contributed by atoms with Gasteiger partial charge in [-0.15, -0.1) is 12.4 Å². The van der Waals surface area contributed by atoms with Crippen molar-refractivity contribution >= 4 is 24.2 Å². The van der Waals surface area contributed by atoms with Crippen LogP contribution < -0.4 is 20.7 Å². The van der Waals surface area contributed by atoms with Gasteiger partial charge in [-0.05, 0) is 38.4 Å². The number of piperidine rings is 1. The van der Waals surface area contributed by atoms with Crippen LogP contribution in [-0.4, -0.2) is 37.6 Å². The summed E-state index contributed by atoms with van der Waals surface area (Å²) in [4.78, 5) is 24.2. The molecular formula is C19H30ClN3O3. The molecule has 3 N–H and O–H groups in total. The Kier molecular flexibility index (Phi) is 9.44. The van der Waals surface area contributed by atoms with Crippen LogP contribution in [0.25, 0.3) is 0 Å². The van der Waals surface area contributed by atoms with Crippen LogP contribution in [0, 0.1) is 5.92 Å². The monoisotopic (exact) mass is 383 g/mol. The van der Waals surface area contributed by atoms with Gasteiger partial charge < -0.3 is 20.7 Å². The molecule has 1 fully saturated rings. The maximum Gasteiger partial charge on any atom is 0.222 e. The molecule has 0 spiro atoms.